The molecule has 0 radical (unpaired) electrons. The predicted molar refractivity (Wildman–Crippen MR) is 166 cm³/mol. The third-order valence-electron chi connectivity index (χ3n) is 7.36. The molecule has 1 aromatic heterocycles. The lowest BCUT2D eigenvalue weighted by molar-refractivity contribution is 1.47. The summed E-state index contributed by atoms with van der Waals surface area (Å²) in [6, 6.07) is 50.8. The molecule has 0 amide bonds. The van der Waals surface area contributed by atoms with E-state index in [9.17, 15) is 0 Å². The molecule has 38 heavy (non-hydrogen) atoms. The zero-order valence-corrected chi connectivity index (χ0v) is 22.0. The largest absolute Gasteiger partial charge is 0.135 e. The van der Waals surface area contributed by atoms with Gasteiger partial charge >= 0.3 is 0 Å². The first-order valence-corrected chi connectivity index (χ1v) is 13.8. The van der Waals surface area contributed by atoms with Gasteiger partial charge < -0.3 is 0 Å². The number of hydrogen-bond acceptors (Lipinski definition) is 1. The van der Waals surface area contributed by atoms with Crippen molar-refractivity contribution in [3.63, 3.8) is 0 Å². The van der Waals surface area contributed by atoms with E-state index in [1.54, 1.807) is 0 Å². The Morgan fingerprint density at radius 1 is 0.368 bits per heavy atom. The molecule has 0 atom stereocenters. The van der Waals surface area contributed by atoms with Crippen molar-refractivity contribution in [2.75, 3.05) is 0 Å². The van der Waals surface area contributed by atoms with Gasteiger partial charge in [0.25, 0.3) is 0 Å². The van der Waals surface area contributed by atoms with E-state index in [2.05, 4.69) is 146 Å². The fraction of sp³-hybridized carbons (Fsp3) is 0.0270. The van der Waals surface area contributed by atoms with E-state index >= 15 is 0 Å². The van der Waals surface area contributed by atoms with E-state index < -0.39 is 0 Å². The molecule has 0 unspecified atom stereocenters. The zero-order chi connectivity index (χ0) is 25.5. The van der Waals surface area contributed by atoms with Crippen molar-refractivity contribution in [1.29, 1.82) is 0 Å². The molecule has 0 bridgehead atoms. The fourth-order valence-corrected chi connectivity index (χ4v) is 6.62. The molecule has 0 aliphatic rings. The molecule has 0 aliphatic carbocycles. The highest BCUT2D eigenvalue weighted by atomic mass is 32.1. The summed E-state index contributed by atoms with van der Waals surface area (Å²) in [6.45, 7) is 2.17. The molecular formula is C37H26S. The summed E-state index contributed by atoms with van der Waals surface area (Å²) in [4.78, 5) is 2.59. The molecule has 6 aromatic carbocycles. The van der Waals surface area contributed by atoms with E-state index in [4.69, 9.17) is 0 Å². The Labute approximate surface area is 227 Å². The number of thiophene rings is 1. The van der Waals surface area contributed by atoms with Crippen molar-refractivity contribution < 1.29 is 0 Å². The molecule has 0 N–H and O–H groups in total. The van der Waals surface area contributed by atoms with Gasteiger partial charge in [-0.1, -0.05) is 133 Å². The summed E-state index contributed by atoms with van der Waals surface area (Å²) in [5, 5.41) is 5.17. The second-order valence-electron chi connectivity index (χ2n) is 9.82. The minimum atomic E-state index is 1.25. The lowest BCUT2D eigenvalue weighted by Crippen LogP contribution is -1.91. The van der Waals surface area contributed by atoms with E-state index in [0.29, 0.717) is 0 Å². The highest BCUT2D eigenvalue weighted by molar-refractivity contribution is 7.18. The van der Waals surface area contributed by atoms with E-state index in [0.717, 1.165) is 0 Å². The minimum absolute atomic E-state index is 1.25. The quantitative estimate of drug-likeness (QED) is 0.210. The molecule has 7 rings (SSSR count). The standard InChI is InChI=1S/C37H26S/c1-25-10-9-13-29(24-25)37-32-16-7-5-14-30(32)36(31-15-6-8-17-33(31)37)28-20-18-27(19-21-28)35-23-22-34(38-35)26-11-3-2-4-12-26/h2-24H,1H3. The summed E-state index contributed by atoms with van der Waals surface area (Å²) in [6.07, 6.45) is 0. The van der Waals surface area contributed by atoms with Gasteiger partial charge in [0, 0.05) is 9.75 Å². The van der Waals surface area contributed by atoms with Crippen molar-refractivity contribution in [1.82, 2.24) is 0 Å². The van der Waals surface area contributed by atoms with Crippen LogP contribution in [0.4, 0.5) is 0 Å². The van der Waals surface area contributed by atoms with Crippen LogP contribution in [0.2, 0.25) is 0 Å². The van der Waals surface area contributed by atoms with Gasteiger partial charge in [0.15, 0.2) is 0 Å². The monoisotopic (exact) mass is 502 g/mol. The van der Waals surface area contributed by atoms with Crippen LogP contribution in [0.3, 0.4) is 0 Å². The Morgan fingerprint density at radius 3 is 1.37 bits per heavy atom. The molecule has 0 fully saturated rings. The van der Waals surface area contributed by atoms with Gasteiger partial charge in [-0.05, 0) is 74.0 Å². The molecule has 0 nitrogen and oxygen atoms in total. The minimum Gasteiger partial charge on any atom is -0.135 e. The highest BCUT2D eigenvalue weighted by Crippen LogP contribution is 2.44. The molecule has 180 valence electrons. The van der Waals surface area contributed by atoms with E-state index in [1.165, 1.54) is 70.2 Å². The summed E-state index contributed by atoms with van der Waals surface area (Å²) in [7, 11) is 0. The fourth-order valence-electron chi connectivity index (χ4n) is 5.60. The number of benzene rings is 6. The Balaban J connectivity index is 1.39. The van der Waals surface area contributed by atoms with Gasteiger partial charge in [-0.3, -0.25) is 0 Å². The first-order valence-electron chi connectivity index (χ1n) is 13.0. The van der Waals surface area contributed by atoms with Crippen LogP contribution in [0.25, 0.3) is 64.7 Å². The molecule has 7 aromatic rings. The number of fused-ring (bicyclic) bond motifs is 2. The first kappa shape index (κ1) is 22.7. The van der Waals surface area contributed by atoms with Gasteiger partial charge in [-0.25, -0.2) is 0 Å². The van der Waals surface area contributed by atoms with Crippen LogP contribution >= 0.6 is 11.3 Å². The van der Waals surface area contributed by atoms with E-state index in [-0.39, 0.29) is 0 Å². The van der Waals surface area contributed by atoms with Crippen molar-refractivity contribution in [3.05, 3.63) is 145 Å². The number of rotatable bonds is 4. The van der Waals surface area contributed by atoms with Crippen LogP contribution in [0.5, 0.6) is 0 Å². The Hall–Kier alpha value is -4.46. The molecule has 1 heteroatoms. The van der Waals surface area contributed by atoms with Gasteiger partial charge in [0.2, 0.25) is 0 Å². The smallest absolute Gasteiger partial charge is 0.0349 e. The maximum atomic E-state index is 2.30. The SMILES string of the molecule is Cc1cccc(-c2c3ccccc3c(-c3ccc(-c4ccc(-c5ccccc5)s4)cc3)c3ccccc23)c1. The second kappa shape index (κ2) is 9.45. The van der Waals surface area contributed by atoms with E-state index in [1.807, 2.05) is 11.3 Å². The third kappa shape index (κ3) is 3.93. The average Bonchev–Trinajstić information content (AvgIpc) is 3.47. The molecule has 0 aliphatic heterocycles. The summed E-state index contributed by atoms with van der Waals surface area (Å²) in [5.74, 6) is 0. The molecular weight excluding hydrogens is 476 g/mol. The van der Waals surface area contributed by atoms with Crippen LogP contribution in [-0.2, 0) is 0 Å². The summed E-state index contributed by atoms with van der Waals surface area (Å²) < 4.78 is 0. The topological polar surface area (TPSA) is 0 Å². The maximum absolute atomic E-state index is 2.30. The normalized spacial score (nSPS) is 11.3. The van der Waals surface area contributed by atoms with Gasteiger partial charge in [0.05, 0.1) is 0 Å². The van der Waals surface area contributed by atoms with Crippen molar-refractivity contribution in [2.45, 2.75) is 6.92 Å². The third-order valence-corrected chi connectivity index (χ3v) is 8.54. The van der Waals surface area contributed by atoms with Gasteiger partial charge in [-0.2, -0.15) is 0 Å². The van der Waals surface area contributed by atoms with Crippen LogP contribution in [0.1, 0.15) is 5.56 Å². The van der Waals surface area contributed by atoms with Crippen LogP contribution in [0.15, 0.2) is 140 Å². The zero-order valence-electron chi connectivity index (χ0n) is 21.2. The molecule has 0 saturated carbocycles. The van der Waals surface area contributed by atoms with Crippen molar-refractivity contribution in [2.24, 2.45) is 0 Å². The highest BCUT2D eigenvalue weighted by Gasteiger charge is 2.16. The Bertz CT molecular complexity index is 1850. The predicted octanol–water partition coefficient (Wildman–Crippen LogP) is 11.0. The Morgan fingerprint density at radius 2 is 0.816 bits per heavy atom. The first-order chi connectivity index (χ1) is 18.8. The van der Waals surface area contributed by atoms with Crippen molar-refractivity contribution in [3.8, 4) is 43.1 Å². The van der Waals surface area contributed by atoms with Crippen LogP contribution in [-0.4, -0.2) is 0 Å². The maximum Gasteiger partial charge on any atom is 0.0349 e. The lowest BCUT2D eigenvalue weighted by Gasteiger charge is -2.18. The van der Waals surface area contributed by atoms with Gasteiger partial charge in [-0.15, -0.1) is 11.3 Å². The molecule has 1 heterocycles. The van der Waals surface area contributed by atoms with Crippen LogP contribution < -0.4 is 0 Å². The van der Waals surface area contributed by atoms with Crippen LogP contribution in [0, 0.1) is 6.92 Å². The summed E-state index contributed by atoms with van der Waals surface area (Å²) in [5.41, 5.74) is 8.93. The summed E-state index contributed by atoms with van der Waals surface area (Å²) >= 11 is 1.85. The van der Waals surface area contributed by atoms with Crippen molar-refractivity contribution >= 4 is 32.9 Å². The second-order valence-corrected chi connectivity index (χ2v) is 10.9. The Kier molecular flexibility index (Phi) is 5.65. The number of aryl methyl sites for hydroxylation is 1. The average molecular weight is 503 g/mol. The number of hydrogen-bond donors (Lipinski definition) is 0. The molecule has 0 spiro atoms. The van der Waals surface area contributed by atoms with Gasteiger partial charge in [0.1, 0.15) is 0 Å². The molecule has 0 saturated heterocycles. The lowest BCUT2D eigenvalue weighted by atomic mass is 9.85.